The largest absolute Gasteiger partial charge is 0.351 e. The molecule has 4 nitrogen and oxygen atoms in total. The van der Waals surface area contributed by atoms with Crippen LogP contribution in [0.5, 0.6) is 0 Å². The lowest BCUT2D eigenvalue weighted by atomic mass is 9.97. The van der Waals surface area contributed by atoms with E-state index in [1.165, 1.54) is 0 Å². The van der Waals surface area contributed by atoms with Gasteiger partial charge in [0, 0.05) is 25.0 Å². The summed E-state index contributed by atoms with van der Waals surface area (Å²) in [7, 11) is 0. The maximum absolute atomic E-state index is 12.2. The van der Waals surface area contributed by atoms with Gasteiger partial charge in [-0.3, -0.25) is 9.59 Å². The van der Waals surface area contributed by atoms with Gasteiger partial charge in [-0.1, -0.05) is 27.2 Å². The van der Waals surface area contributed by atoms with Gasteiger partial charge in [0.2, 0.25) is 11.8 Å². The molecular formula is C15H28N2O2. The summed E-state index contributed by atoms with van der Waals surface area (Å²) in [6.07, 6.45) is 2.35. The van der Waals surface area contributed by atoms with Gasteiger partial charge in [-0.15, -0.1) is 0 Å². The molecule has 1 fully saturated rings. The van der Waals surface area contributed by atoms with Crippen LogP contribution in [0.1, 0.15) is 53.9 Å². The Balaban J connectivity index is 2.54. The average Bonchev–Trinajstić information content (AvgIpc) is 2.58. The third kappa shape index (κ3) is 4.84. The van der Waals surface area contributed by atoms with Gasteiger partial charge in [0.05, 0.1) is 5.92 Å². The number of carbonyl (C=O) groups excluding carboxylic acids is 2. The first kappa shape index (κ1) is 16.0. The third-order valence-corrected chi connectivity index (χ3v) is 3.51. The highest BCUT2D eigenvalue weighted by atomic mass is 16.2. The molecule has 2 amide bonds. The molecule has 19 heavy (non-hydrogen) atoms. The zero-order valence-electron chi connectivity index (χ0n) is 13.0. The zero-order valence-corrected chi connectivity index (χ0v) is 13.0. The Kier molecular flexibility index (Phi) is 5.39. The van der Waals surface area contributed by atoms with Crippen molar-refractivity contribution in [2.24, 2.45) is 11.8 Å². The minimum Gasteiger partial charge on any atom is -0.351 e. The first-order valence-electron chi connectivity index (χ1n) is 7.35. The smallest absolute Gasteiger partial charge is 0.225 e. The molecule has 4 heteroatoms. The molecule has 1 atom stereocenters. The fraction of sp³-hybridized carbons (Fsp3) is 0.867. The summed E-state index contributed by atoms with van der Waals surface area (Å²) < 4.78 is 0. The number of likely N-dealkylation sites (tertiary alicyclic amines) is 1. The predicted molar refractivity (Wildman–Crippen MR) is 76.7 cm³/mol. The second kappa shape index (κ2) is 6.40. The van der Waals surface area contributed by atoms with E-state index in [0.717, 1.165) is 19.4 Å². The van der Waals surface area contributed by atoms with E-state index in [1.807, 2.05) is 18.7 Å². The molecule has 0 bridgehead atoms. The number of rotatable bonds is 6. The van der Waals surface area contributed by atoms with Crippen molar-refractivity contribution in [1.82, 2.24) is 10.2 Å². The van der Waals surface area contributed by atoms with E-state index in [4.69, 9.17) is 0 Å². The van der Waals surface area contributed by atoms with E-state index in [2.05, 4.69) is 26.1 Å². The molecule has 1 aliphatic rings. The number of nitrogens with zero attached hydrogens (tertiary/aromatic N) is 1. The van der Waals surface area contributed by atoms with Gasteiger partial charge in [0.1, 0.15) is 0 Å². The molecule has 1 rings (SSSR count). The van der Waals surface area contributed by atoms with Gasteiger partial charge < -0.3 is 10.2 Å². The van der Waals surface area contributed by atoms with Crippen LogP contribution in [0, 0.1) is 11.8 Å². The highest BCUT2D eigenvalue weighted by molar-refractivity contribution is 5.89. The molecule has 0 spiro atoms. The van der Waals surface area contributed by atoms with E-state index in [1.54, 1.807) is 0 Å². The highest BCUT2D eigenvalue weighted by Gasteiger charge is 2.35. The molecule has 0 aliphatic carbocycles. The quantitative estimate of drug-likeness (QED) is 0.802. The number of hydrogen-bond acceptors (Lipinski definition) is 2. The topological polar surface area (TPSA) is 49.4 Å². The number of amides is 2. The van der Waals surface area contributed by atoms with Gasteiger partial charge in [-0.05, 0) is 26.2 Å². The van der Waals surface area contributed by atoms with E-state index >= 15 is 0 Å². The Morgan fingerprint density at radius 3 is 2.63 bits per heavy atom. The summed E-state index contributed by atoms with van der Waals surface area (Å²) in [4.78, 5) is 25.9. The number of hydrogen-bond donors (Lipinski definition) is 1. The van der Waals surface area contributed by atoms with Gasteiger partial charge >= 0.3 is 0 Å². The van der Waals surface area contributed by atoms with Crippen LogP contribution in [0.4, 0.5) is 0 Å². The Bertz CT molecular complexity index is 337. The summed E-state index contributed by atoms with van der Waals surface area (Å²) >= 11 is 0. The maximum atomic E-state index is 12.2. The van der Waals surface area contributed by atoms with Crippen molar-refractivity contribution in [2.75, 3.05) is 13.1 Å². The summed E-state index contributed by atoms with van der Waals surface area (Å²) in [6, 6.07) is 0. The van der Waals surface area contributed by atoms with E-state index in [0.29, 0.717) is 18.9 Å². The van der Waals surface area contributed by atoms with Crippen molar-refractivity contribution >= 4 is 11.8 Å². The standard InChI is InChI=1S/C15H28N2O2/c1-6-7-15(4,5)16-14(19)12-8-13(18)17(10-12)9-11(2)3/h11-12H,6-10H2,1-5H3,(H,16,19). The van der Waals surface area contributed by atoms with Crippen molar-refractivity contribution in [3.05, 3.63) is 0 Å². The molecule has 0 aromatic rings. The van der Waals surface area contributed by atoms with Crippen molar-refractivity contribution in [1.29, 1.82) is 0 Å². The predicted octanol–water partition coefficient (Wildman–Crippen LogP) is 2.19. The Morgan fingerprint density at radius 1 is 1.47 bits per heavy atom. The van der Waals surface area contributed by atoms with Crippen molar-refractivity contribution in [3.8, 4) is 0 Å². The molecule has 1 aliphatic heterocycles. The number of carbonyl (C=O) groups is 2. The summed E-state index contributed by atoms with van der Waals surface area (Å²) in [5, 5.41) is 3.08. The Hall–Kier alpha value is -1.06. The monoisotopic (exact) mass is 268 g/mol. The van der Waals surface area contributed by atoms with E-state index < -0.39 is 0 Å². The van der Waals surface area contributed by atoms with Crippen LogP contribution in [0.2, 0.25) is 0 Å². The van der Waals surface area contributed by atoms with Crippen LogP contribution >= 0.6 is 0 Å². The van der Waals surface area contributed by atoms with Gasteiger partial charge in [-0.25, -0.2) is 0 Å². The highest BCUT2D eigenvalue weighted by Crippen LogP contribution is 2.21. The molecule has 0 radical (unpaired) electrons. The second-order valence-corrected chi connectivity index (χ2v) is 6.72. The van der Waals surface area contributed by atoms with Crippen LogP contribution in [0.25, 0.3) is 0 Å². The molecule has 1 unspecified atom stereocenters. The molecule has 0 saturated carbocycles. The lowest BCUT2D eigenvalue weighted by Crippen LogP contribution is -2.46. The minimum atomic E-state index is -0.180. The van der Waals surface area contributed by atoms with Gasteiger partial charge in [0.15, 0.2) is 0 Å². The van der Waals surface area contributed by atoms with Crippen LogP contribution in [0.3, 0.4) is 0 Å². The SMILES string of the molecule is CCCC(C)(C)NC(=O)C1CC(=O)N(CC(C)C)C1. The zero-order chi connectivity index (χ0) is 14.6. The minimum absolute atomic E-state index is 0.0260. The summed E-state index contributed by atoms with van der Waals surface area (Å²) in [5.74, 6) is 0.407. The molecule has 0 aromatic heterocycles. The fourth-order valence-corrected chi connectivity index (χ4v) is 2.69. The van der Waals surface area contributed by atoms with Gasteiger partial charge in [0.25, 0.3) is 0 Å². The first-order chi connectivity index (χ1) is 8.75. The van der Waals surface area contributed by atoms with Crippen LogP contribution in [-0.2, 0) is 9.59 Å². The molecule has 1 N–H and O–H groups in total. The first-order valence-corrected chi connectivity index (χ1v) is 7.35. The fourth-order valence-electron chi connectivity index (χ4n) is 2.69. The molecular weight excluding hydrogens is 240 g/mol. The summed E-state index contributed by atoms with van der Waals surface area (Å²) in [6.45, 7) is 11.7. The van der Waals surface area contributed by atoms with Crippen molar-refractivity contribution in [3.63, 3.8) is 0 Å². The van der Waals surface area contributed by atoms with E-state index in [9.17, 15) is 9.59 Å². The molecule has 110 valence electrons. The average molecular weight is 268 g/mol. The lowest BCUT2D eigenvalue weighted by molar-refractivity contribution is -0.129. The maximum Gasteiger partial charge on any atom is 0.225 e. The number of nitrogens with one attached hydrogen (secondary N) is 1. The lowest BCUT2D eigenvalue weighted by Gasteiger charge is -2.27. The normalized spacial score (nSPS) is 20.2. The molecule has 1 heterocycles. The second-order valence-electron chi connectivity index (χ2n) is 6.72. The van der Waals surface area contributed by atoms with Crippen molar-refractivity contribution in [2.45, 2.75) is 59.4 Å². The third-order valence-electron chi connectivity index (χ3n) is 3.51. The van der Waals surface area contributed by atoms with Crippen LogP contribution in [-0.4, -0.2) is 35.3 Å². The van der Waals surface area contributed by atoms with Crippen LogP contribution < -0.4 is 5.32 Å². The van der Waals surface area contributed by atoms with Gasteiger partial charge in [-0.2, -0.15) is 0 Å². The molecule has 0 aromatic carbocycles. The Morgan fingerprint density at radius 2 is 2.11 bits per heavy atom. The van der Waals surface area contributed by atoms with Crippen LogP contribution in [0.15, 0.2) is 0 Å². The van der Waals surface area contributed by atoms with Crippen molar-refractivity contribution < 1.29 is 9.59 Å². The Labute approximate surface area is 116 Å². The van der Waals surface area contributed by atoms with E-state index in [-0.39, 0.29) is 23.3 Å². The molecule has 1 saturated heterocycles. The summed E-state index contributed by atoms with van der Waals surface area (Å²) in [5.41, 5.74) is -0.180.